The van der Waals surface area contributed by atoms with Crippen molar-refractivity contribution in [1.82, 2.24) is 14.9 Å². The van der Waals surface area contributed by atoms with Crippen LogP contribution in [0.25, 0.3) is 11.0 Å². The third-order valence-electron chi connectivity index (χ3n) is 4.66. The van der Waals surface area contributed by atoms with Crippen molar-refractivity contribution in [3.63, 3.8) is 0 Å². The monoisotopic (exact) mass is 389 g/mol. The van der Waals surface area contributed by atoms with E-state index in [9.17, 15) is 9.59 Å². The third-order valence-corrected chi connectivity index (χ3v) is 5.29. The number of aromatic nitrogens is 2. The number of fused-ring (bicyclic) bond motifs is 2. The number of halogens is 1. The molecule has 0 bridgehead atoms. The highest BCUT2D eigenvalue weighted by molar-refractivity contribution is 7.71. The van der Waals surface area contributed by atoms with E-state index in [4.69, 9.17) is 28.2 Å². The second-order valence-electron chi connectivity index (χ2n) is 6.51. The van der Waals surface area contributed by atoms with E-state index >= 15 is 0 Å². The molecule has 0 radical (unpaired) electrons. The van der Waals surface area contributed by atoms with Crippen LogP contribution in [0.5, 0.6) is 0 Å². The number of H-pyrrole nitrogens is 2. The molecule has 1 aliphatic heterocycles. The van der Waals surface area contributed by atoms with E-state index in [1.54, 1.807) is 6.07 Å². The molecular formula is C18H16ClN3O3S. The van der Waals surface area contributed by atoms with Crippen molar-refractivity contribution in [3.05, 3.63) is 71.2 Å². The zero-order chi connectivity index (χ0) is 18.4. The van der Waals surface area contributed by atoms with Gasteiger partial charge in [0.05, 0.1) is 16.1 Å². The number of hydrogen-bond acceptors (Lipinski definition) is 5. The molecule has 0 saturated carbocycles. The van der Waals surface area contributed by atoms with Crippen LogP contribution in [-0.2, 0) is 19.5 Å². The first kappa shape index (κ1) is 17.2. The normalized spacial score (nSPS) is 14.5. The van der Waals surface area contributed by atoms with Gasteiger partial charge in [-0.1, -0.05) is 23.2 Å². The van der Waals surface area contributed by atoms with E-state index in [1.807, 2.05) is 24.0 Å². The zero-order valence-corrected chi connectivity index (χ0v) is 15.6. The van der Waals surface area contributed by atoms with Gasteiger partial charge < -0.3 is 9.40 Å². The Bertz CT molecular complexity index is 1190. The topological polar surface area (TPSA) is 82.1 Å². The van der Waals surface area contributed by atoms with E-state index in [0.29, 0.717) is 52.6 Å². The lowest BCUT2D eigenvalue weighted by Crippen LogP contribution is -2.36. The van der Waals surface area contributed by atoms with Crippen molar-refractivity contribution >= 4 is 34.8 Å². The van der Waals surface area contributed by atoms with Gasteiger partial charge in [-0.25, -0.2) is 4.79 Å². The summed E-state index contributed by atoms with van der Waals surface area (Å²) in [4.78, 5) is 32.2. The molecule has 4 rings (SSSR count). The predicted octanol–water partition coefficient (Wildman–Crippen LogP) is 3.06. The maximum atomic E-state index is 12.4. The Morgan fingerprint density at radius 1 is 1.31 bits per heavy atom. The second kappa shape index (κ2) is 6.50. The lowest BCUT2D eigenvalue weighted by molar-refractivity contribution is 0.238. The van der Waals surface area contributed by atoms with Gasteiger partial charge in [-0.15, -0.1) is 0 Å². The molecule has 2 N–H and O–H groups in total. The summed E-state index contributed by atoms with van der Waals surface area (Å²) in [5.74, 6) is 0. The van der Waals surface area contributed by atoms with E-state index < -0.39 is 5.63 Å². The molecule has 134 valence electrons. The first-order valence-corrected chi connectivity index (χ1v) is 8.99. The fourth-order valence-electron chi connectivity index (χ4n) is 3.32. The number of nitrogens with one attached hydrogen (secondary N) is 2. The smallest absolute Gasteiger partial charge is 0.342 e. The largest absolute Gasteiger partial charge is 0.422 e. The number of aromatic amines is 2. The lowest BCUT2D eigenvalue weighted by atomic mass is 10.1. The number of aryl methyl sites for hydroxylation is 1. The fraction of sp³-hybridized carbons (Fsp3) is 0.278. The molecule has 3 heterocycles. The van der Waals surface area contributed by atoms with Crippen molar-refractivity contribution < 1.29 is 4.42 Å². The summed E-state index contributed by atoms with van der Waals surface area (Å²) in [5.41, 5.74) is 2.77. The molecule has 0 spiro atoms. The summed E-state index contributed by atoms with van der Waals surface area (Å²) >= 11 is 11.5. The van der Waals surface area contributed by atoms with E-state index in [-0.39, 0.29) is 5.56 Å². The molecule has 0 saturated heterocycles. The van der Waals surface area contributed by atoms with Crippen molar-refractivity contribution in [3.8, 4) is 0 Å². The summed E-state index contributed by atoms with van der Waals surface area (Å²) < 4.78 is 5.75. The molecule has 0 fully saturated rings. The van der Waals surface area contributed by atoms with Gasteiger partial charge in [0.1, 0.15) is 5.58 Å². The van der Waals surface area contributed by atoms with Crippen LogP contribution in [0.2, 0.25) is 5.02 Å². The van der Waals surface area contributed by atoms with Crippen LogP contribution in [0.1, 0.15) is 22.4 Å². The highest BCUT2D eigenvalue weighted by Gasteiger charge is 2.22. The molecule has 3 aromatic rings. The summed E-state index contributed by atoms with van der Waals surface area (Å²) in [5, 5.41) is 1.13. The van der Waals surface area contributed by atoms with Crippen molar-refractivity contribution in [2.45, 2.75) is 26.4 Å². The lowest BCUT2D eigenvalue weighted by Gasteiger charge is -2.27. The third kappa shape index (κ3) is 3.02. The standard InChI is InChI=1S/C18H16ClN3O3S/c1-9-2-3-14-10(6-9)15(19)12(17(24)25-14)8-22-5-4-13-11(7-22)16(23)21-18(26)20-13/h2-3,6H,4-5,7-8H2,1H3,(H2,20,21,23,26). The van der Waals surface area contributed by atoms with Crippen LogP contribution in [0, 0.1) is 11.7 Å². The molecule has 1 aromatic carbocycles. The molecule has 26 heavy (non-hydrogen) atoms. The van der Waals surface area contributed by atoms with Gasteiger partial charge in [-0.05, 0) is 31.3 Å². The minimum absolute atomic E-state index is 0.194. The summed E-state index contributed by atoms with van der Waals surface area (Å²) in [6.07, 6.45) is 0.651. The van der Waals surface area contributed by atoms with Crippen LogP contribution in [0.3, 0.4) is 0 Å². The Hall–Kier alpha value is -2.22. The first-order valence-electron chi connectivity index (χ1n) is 8.21. The summed E-state index contributed by atoms with van der Waals surface area (Å²) in [6.45, 7) is 3.37. The SMILES string of the molecule is Cc1ccc2oc(=O)c(CN3CCc4[nH]c(=S)[nH]c(=O)c4C3)c(Cl)c2c1. The van der Waals surface area contributed by atoms with Gasteiger partial charge >= 0.3 is 5.63 Å². The molecule has 0 atom stereocenters. The van der Waals surface area contributed by atoms with Crippen LogP contribution >= 0.6 is 23.8 Å². The number of benzene rings is 1. The quantitative estimate of drug-likeness (QED) is 0.520. The van der Waals surface area contributed by atoms with E-state index in [2.05, 4.69) is 9.97 Å². The van der Waals surface area contributed by atoms with Crippen molar-refractivity contribution in [1.29, 1.82) is 0 Å². The minimum atomic E-state index is -0.446. The van der Waals surface area contributed by atoms with Gasteiger partial charge in [0.25, 0.3) is 5.56 Å². The van der Waals surface area contributed by atoms with E-state index in [1.165, 1.54) is 0 Å². The Morgan fingerprint density at radius 2 is 2.12 bits per heavy atom. The Balaban J connectivity index is 1.71. The van der Waals surface area contributed by atoms with Crippen molar-refractivity contribution in [2.24, 2.45) is 0 Å². The number of hydrogen-bond donors (Lipinski definition) is 2. The molecule has 0 unspecified atom stereocenters. The average molecular weight is 390 g/mol. The average Bonchev–Trinajstić information content (AvgIpc) is 2.60. The van der Waals surface area contributed by atoms with Crippen molar-refractivity contribution in [2.75, 3.05) is 6.54 Å². The fourth-order valence-corrected chi connectivity index (χ4v) is 3.82. The Labute approximate surface area is 158 Å². The summed E-state index contributed by atoms with van der Waals surface area (Å²) in [7, 11) is 0. The van der Waals surface area contributed by atoms with Crippen LogP contribution < -0.4 is 11.2 Å². The van der Waals surface area contributed by atoms with E-state index in [0.717, 1.165) is 16.6 Å². The number of rotatable bonds is 2. The molecule has 0 aliphatic carbocycles. The van der Waals surface area contributed by atoms with Crippen LogP contribution in [0.15, 0.2) is 32.2 Å². The summed E-state index contributed by atoms with van der Waals surface area (Å²) in [6, 6.07) is 5.53. The van der Waals surface area contributed by atoms with Gasteiger partial charge in [0, 0.05) is 37.1 Å². The molecule has 2 aromatic heterocycles. The van der Waals surface area contributed by atoms with Gasteiger partial charge in [-0.2, -0.15) is 0 Å². The molecule has 1 aliphatic rings. The molecule has 0 amide bonds. The predicted molar refractivity (Wildman–Crippen MR) is 102 cm³/mol. The van der Waals surface area contributed by atoms with Crippen LogP contribution in [0.4, 0.5) is 0 Å². The van der Waals surface area contributed by atoms with Gasteiger partial charge in [-0.3, -0.25) is 14.7 Å². The maximum absolute atomic E-state index is 12.4. The first-order chi connectivity index (χ1) is 12.4. The zero-order valence-electron chi connectivity index (χ0n) is 14.0. The van der Waals surface area contributed by atoms with Gasteiger partial charge in [0.2, 0.25) is 0 Å². The van der Waals surface area contributed by atoms with Crippen LogP contribution in [-0.4, -0.2) is 21.4 Å². The van der Waals surface area contributed by atoms with Gasteiger partial charge in [0.15, 0.2) is 4.77 Å². The molecular weight excluding hydrogens is 374 g/mol. The Kier molecular flexibility index (Phi) is 4.30. The number of nitrogens with zero attached hydrogens (tertiary/aromatic N) is 1. The highest BCUT2D eigenvalue weighted by atomic mass is 35.5. The maximum Gasteiger partial charge on any atom is 0.342 e. The second-order valence-corrected chi connectivity index (χ2v) is 7.29. The Morgan fingerprint density at radius 3 is 2.92 bits per heavy atom. The molecule has 8 heteroatoms. The minimum Gasteiger partial charge on any atom is -0.422 e. The highest BCUT2D eigenvalue weighted by Crippen LogP contribution is 2.27. The molecule has 6 nitrogen and oxygen atoms in total.